The molecule has 0 saturated carbocycles. The monoisotopic (exact) mass is 191 g/mol. The molecule has 1 aromatic heterocycles. The van der Waals surface area contributed by atoms with Crippen molar-refractivity contribution in [3.63, 3.8) is 0 Å². The van der Waals surface area contributed by atoms with Crippen LogP contribution < -0.4 is 5.32 Å². The van der Waals surface area contributed by atoms with Gasteiger partial charge in [0.1, 0.15) is 5.69 Å². The number of hydrogen-bond acceptors (Lipinski definition) is 2. The van der Waals surface area contributed by atoms with E-state index in [9.17, 15) is 4.79 Å². The maximum absolute atomic E-state index is 11.4. The number of rotatable bonds is 4. The summed E-state index contributed by atoms with van der Waals surface area (Å²) in [6.45, 7) is 0.597. The van der Waals surface area contributed by atoms with Crippen LogP contribution in [0.15, 0.2) is 12.5 Å². The molecule has 74 valence electrons. The minimum absolute atomic E-state index is 0.150. The summed E-state index contributed by atoms with van der Waals surface area (Å²) in [5, 5.41) is 2.74. The molecule has 0 aromatic carbocycles. The maximum atomic E-state index is 11.4. The van der Waals surface area contributed by atoms with Crippen molar-refractivity contribution in [3.8, 4) is 12.3 Å². The van der Waals surface area contributed by atoms with Crippen LogP contribution in [0.3, 0.4) is 0 Å². The Morgan fingerprint density at radius 1 is 1.79 bits per heavy atom. The van der Waals surface area contributed by atoms with Gasteiger partial charge < -0.3 is 9.88 Å². The molecule has 0 aliphatic rings. The number of unbranched alkanes of at least 4 members (excludes halogenated alkanes) is 1. The molecule has 1 heterocycles. The van der Waals surface area contributed by atoms with Crippen molar-refractivity contribution >= 4 is 5.91 Å². The highest BCUT2D eigenvalue weighted by Gasteiger charge is 2.06. The zero-order valence-corrected chi connectivity index (χ0v) is 8.16. The molecular formula is C10H13N3O. The molecule has 1 amide bonds. The highest BCUT2D eigenvalue weighted by atomic mass is 16.1. The van der Waals surface area contributed by atoms with Crippen molar-refractivity contribution in [3.05, 3.63) is 18.2 Å². The first-order valence-electron chi connectivity index (χ1n) is 4.43. The van der Waals surface area contributed by atoms with Crippen LogP contribution in [-0.2, 0) is 7.05 Å². The van der Waals surface area contributed by atoms with Gasteiger partial charge in [0, 0.05) is 26.2 Å². The smallest absolute Gasteiger partial charge is 0.271 e. The van der Waals surface area contributed by atoms with Crippen LogP contribution >= 0.6 is 0 Å². The summed E-state index contributed by atoms with van der Waals surface area (Å²) in [4.78, 5) is 15.3. The molecule has 14 heavy (non-hydrogen) atoms. The van der Waals surface area contributed by atoms with Crippen LogP contribution in [0.5, 0.6) is 0 Å². The number of terminal acetylenes is 1. The van der Waals surface area contributed by atoms with E-state index < -0.39 is 0 Å². The van der Waals surface area contributed by atoms with Crippen molar-refractivity contribution in [2.24, 2.45) is 7.05 Å². The Bertz CT molecular complexity index is 348. The number of hydrogen-bond donors (Lipinski definition) is 1. The van der Waals surface area contributed by atoms with Crippen LogP contribution in [0, 0.1) is 12.3 Å². The molecule has 1 rings (SSSR count). The second-order valence-corrected chi connectivity index (χ2v) is 2.99. The molecule has 0 aliphatic heterocycles. The zero-order chi connectivity index (χ0) is 10.4. The number of nitrogens with zero attached hydrogens (tertiary/aromatic N) is 2. The fourth-order valence-electron chi connectivity index (χ4n) is 1.01. The van der Waals surface area contributed by atoms with E-state index >= 15 is 0 Å². The van der Waals surface area contributed by atoms with Gasteiger partial charge in [-0.2, -0.15) is 0 Å². The SMILES string of the molecule is C#CCCCNC(=O)c1cn(C)cn1. The Labute approximate surface area is 83.3 Å². The fraction of sp³-hybridized carbons (Fsp3) is 0.400. The summed E-state index contributed by atoms with van der Waals surface area (Å²) >= 11 is 0. The molecule has 1 N–H and O–H groups in total. The number of imidazole rings is 1. The molecule has 0 atom stereocenters. The summed E-state index contributed by atoms with van der Waals surface area (Å²) < 4.78 is 1.73. The predicted molar refractivity (Wildman–Crippen MR) is 53.6 cm³/mol. The normalized spacial score (nSPS) is 9.43. The predicted octanol–water partition coefficient (Wildman–Crippen LogP) is 0.563. The average Bonchev–Trinajstić information content (AvgIpc) is 2.59. The summed E-state index contributed by atoms with van der Waals surface area (Å²) in [7, 11) is 1.82. The lowest BCUT2D eigenvalue weighted by molar-refractivity contribution is 0.0949. The van der Waals surface area contributed by atoms with E-state index in [2.05, 4.69) is 16.2 Å². The van der Waals surface area contributed by atoms with E-state index in [0.717, 1.165) is 6.42 Å². The molecule has 0 saturated heterocycles. The Kier molecular flexibility index (Phi) is 3.74. The quantitative estimate of drug-likeness (QED) is 0.558. The van der Waals surface area contributed by atoms with Gasteiger partial charge >= 0.3 is 0 Å². The van der Waals surface area contributed by atoms with Crippen LogP contribution in [0.4, 0.5) is 0 Å². The van der Waals surface area contributed by atoms with Crippen LogP contribution in [0.2, 0.25) is 0 Å². The first-order valence-corrected chi connectivity index (χ1v) is 4.43. The third-order valence-corrected chi connectivity index (χ3v) is 1.72. The Morgan fingerprint density at radius 3 is 3.14 bits per heavy atom. The molecular weight excluding hydrogens is 178 g/mol. The number of amides is 1. The molecule has 0 aliphatic carbocycles. The second-order valence-electron chi connectivity index (χ2n) is 2.99. The van der Waals surface area contributed by atoms with E-state index in [1.54, 1.807) is 17.1 Å². The van der Waals surface area contributed by atoms with E-state index in [1.165, 1.54) is 0 Å². The van der Waals surface area contributed by atoms with Gasteiger partial charge in [0.25, 0.3) is 5.91 Å². The highest BCUT2D eigenvalue weighted by molar-refractivity contribution is 5.91. The molecule has 4 nitrogen and oxygen atoms in total. The Hall–Kier alpha value is -1.76. The number of aromatic nitrogens is 2. The van der Waals surface area contributed by atoms with Crippen LogP contribution in [0.25, 0.3) is 0 Å². The first-order chi connectivity index (χ1) is 6.74. The van der Waals surface area contributed by atoms with Crippen molar-refractivity contribution < 1.29 is 4.79 Å². The molecule has 0 bridgehead atoms. The lowest BCUT2D eigenvalue weighted by Gasteiger charge is -1.99. The highest BCUT2D eigenvalue weighted by Crippen LogP contribution is 1.93. The van der Waals surface area contributed by atoms with Crippen LogP contribution in [-0.4, -0.2) is 22.0 Å². The molecule has 0 radical (unpaired) electrons. The lowest BCUT2D eigenvalue weighted by Crippen LogP contribution is -2.24. The minimum atomic E-state index is -0.150. The standard InChI is InChI=1S/C10H13N3O/c1-3-4-5-6-11-10(14)9-7-13(2)8-12-9/h1,7-8H,4-6H2,2H3,(H,11,14). The topological polar surface area (TPSA) is 46.9 Å². The fourth-order valence-corrected chi connectivity index (χ4v) is 1.01. The summed E-state index contributed by atoms with van der Waals surface area (Å²) in [6.07, 6.45) is 9.84. The first kappa shape index (κ1) is 10.3. The van der Waals surface area contributed by atoms with Crippen molar-refractivity contribution in [1.82, 2.24) is 14.9 Å². The summed E-state index contributed by atoms with van der Waals surface area (Å²) in [6, 6.07) is 0. The van der Waals surface area contributed by atoms with Gasteiger partial charge in [-0.15, -0.1) is 12.3 Å². The van der Waals surface area contributed by atoms with E-state index in [4.69, 9.17) is 6.42 Å². The van der Waals surface area contributed by atoms with Crippen molar-refractivity contribution in [2.45, 2.75) is 12.8 Å². The third-order valence-electron chi connectivity index (χ3n) is 1.72. The van der Waals surface area contributed by atoms with Gasteiger partial charge in [0.2, 0.25) is 0 Å². The van der Waals surface area contributed by atoms with Gasteiger partial charge in [-0.3, -0.25) is 4.79 Å². The molecule has 0 unspecified atom stereocenters. The maximum Gasteiger partial charge on any atom is 0.271 e. The van der Waals surface area contributed by atoms with Crippen molar-refractivity contribution in [2.75, 3.05) is 6.54 Å². The Morgan fingerprint density at radius 2 is 2.57 bits per heavy atom. The second kappa shape index (κ2) is 5.07. The number of carbonyl (C=O) groups is 1. The van der Waals surface area contributed by atoms with Gasteiger partial charge in [0.05, 0.1) is 6.33 Å². The molecule has 0 fully saturated rings. The van der Waals surface area contributed by atoms with Gasteiger partial charge in [-0.25, -0.2) is 4.98 Å². The van der Waals surface area contributed by atoms with E-state index in [-0.39, 0.29) is 5.91 Å². The molecule has 0 spiro atoms. The summed E-state index contributed by atoms with van der Waals surface area (Å²) in [5.74, 6) is 2.36. The van der Waals surface area contributed by atoms with E-state index in [0.29, 0.717) is 18.7 Å². The van der Waals surface area contributed by atoms with Gasteiger partial charge in [-0.05, 0) is 6.42 Å². The lowest BCUT2D eigenvalue weighted by atomic mass is 10.3. The molecule has 4 heteroatoms. The Balaban J connectivity index is 2.33. The van der Waals surface area contributed by atoms with Gasteiger partial charge in [-0.1, -0.05) is 0 Å². The number of nitrogens with one attached hydrogen (secondary N) is 1. The van der Waals surface area contributed by atoms with Crippen molar-refractivity contribution in [1.29, 1.82) is 0 Å². The summed E-state index contributed by atoms with van der Waals surface area (Å²) in [5.41, 5.74) is 0.438. The minimum Gasteiger partial charge on any atom is -0.351 e. The third kappa shape index (κ3) is 2.94. The van der Waals surface area contributed by atoms with Crippen LogP contribution in [0.1, 0.15) is 23.3 Å². The average molecular weight is 191 g/mol. The molecule has 1 aromatic rings. The van der Waals surface area contributed by atoms with Gasteiger partial charge in [0.15, 0.2) is 0 Å². The number of aryl methyl sites for hydroxylation is 1. The zero-order valence-electron chi connectivity index (χ0n) is 8.16. The van der Waals surface area contributed by atoms with E-state index in [1.807, 2.05) is 7.05 Å². The largest absolute Gasteiger partial charge is 0.351 e. The number of carbonyl (C=O) groups excluding carboxylic acids is 1.